The number of thioether (sulfide) groups is 1. The molecule has 1 aromatic carbocycles. The van der Waals surface area contributed by atoms with Gasteiger partial charge in [0, 0.05) is 23.4 Å². The first-order valence-electron chi connectivity index (χ1n) is 8.17. The van der Waals surface area contributed by atoms with Crippen LogP contribution in [0.5, 0.6) is 0 Å². The van der Waals surface area contributed by atoms with Crippen LogP contribution < -0.4 is 5.73 Å². The standard InChI is InChI=1S/C18H17ClN4O3S/c19-13-5-3-12(4-6-13)15(24)11-27-18-22-21-17(8-7-16(20)25)23(18)10-14-2-1-9-26-14/h1-6,9H,7-8,10-11H2,(H2,20,25). The van der Waals surface area contributed by atoms with Crippen molar-refractivity contribution in [1.29, 1.82) is 0 Å². The number of rotatable bonds is 9. The van der Waals surface area contributed by atoms with Gasteiger partial charge in [-0.05, 0) is 36.4 Å². The molecule has 9 heteroatoms. The number of carbonyl (C=O) groups is 2. The Balaban J connectivity index is 1.74. The molecule has 0 aliphatic carbocycles. The van der Waals surface area contributed by atoms with Crippen molar-refractivity contribution in [3.05, 3.63) is 64.8 Å². The summed E-state index contributed by atoms with van der Waals surface area (Å²) in [4.78, 5) is 23.5. The number of nitrogens with zero attached hydrogens (tertiary/aromatic N) is 3. The predicted octanol–water partition coefficient (Wildman–Crippen LogP) is 2.97. The maximum atomic E-state index is 12.4. The minimum absolute atomic E-state index is 0.0390. The number of ketones is 1. The van der Waals surface area contributed by atoms with Gasteiger partial charge in [0.25, 0.3) is 0 Å². The second kappa shape index (κ2) is 8.88. The van der Waals surface area contributed by atoms with E-state index in [-0.39, 0.29) is 18.0 Å². The van der Waals surface area contributed by atoms with E-state index in [1.54, 1.807) is 36.6 Å². The molecule has 1 amide bonds. The summed E-state index contributed by atoms with van der Waals surface area (Å²) in [6.45, 7) is 0.408. The Kier molecular flexibility index (Phi) is 6.31. The highest BCUT2D eigenvalue weighted by Crippen LogP contribution is 2.21. The summed E-state index contributed by atoms with van der Waals surface area (Å²) in [5, 5.41) is 9.47. The van der Waals surface area contributed by atoms with Gasteiger partial charge in [0.1, 0.15) is 11.6 Å². The Morgan fingerprint density at radius 3 is 2.63 bits per heavy atom. The maximum Gasteiger partial charge on any atom is 0.217 e. The predicted molar refractivity (Wildman–Crippen MR) is 102 cm³/mol. The van der Waals surface area contributed by atoms with E-state index in [0.717, 1.165) is 5.76 Å². The summed E-state index contributed by atoms with van der Waals surface area (Å²) in [6, 6.07) is 10.4. The summed E-state index contributed by atoms with van der Waals surface area (Å²) in [7, 11) is 0. The third-order valence-corrected chi connectivity index (χ3v) is 5.00. The largest absolute Gasteiger partial charge is 0.467 e. The number of nitrogens with two attached hydrogens (primary N) is 1. The Bertz CT molecular complexity index is 923. The molecule has 0 unspecified atom stereocenters. The lowest BCUT2D eigenvalue weighted by Crippen LogP contribution is -2.14. The maximum absolute atomic E-state index is 12.4. The van der Waals surface area contributed by atoms with Crippen molar-refractivity contribution in [2.45, 2.75) is 24.5 Å². The number of halogens is 1. The Morgan fingerprint density at radius 2 is 1.96 bits per heavy atom. The van der Waals surface area contributed by atoms with Crippen LogP contribution in [0.2, 0.25) is 5.02 Å². The summed E-state index contributed by atoms with van der Waals surface area (Å²) >= 11 is 7.13. The van der Waals surface area contributed by atoms with Crippen LogP contribution in [0.1, 0.15) is 28.4 Å². The first-order chi connectivity index (χ1) is 13.0. The van der Waals surface area contributed by atoms with Crippen molar-refractivity contribution in [1.82, 2.24) is 14.8 Å². The van der Waals surface area contributed by atoms with Gasteiger partial charge in [-0.25, -0.2) is 0 Å². The molecule has 3 aromatic rings. The molecule has 0 aliphatic rings. The lowest BCUT2D eigenvalue weighted by molar-refractivity contribution is -0.118. The average Bonchev–Trinajstić information content (AvgIpc) is 3.29. The topological polar surface area (TPSA) is 104 Å². The van der Waals surface area contributed by atoms with Crippen LogP contribution in [0.4, 0.5) is 0 Å². The highest BCUT2D eigenvalue weighted by molar-refractivity contribution is 7.99. The molecule has 0 saturated heterocycles. The average molecular weight is 405 g/mol. The van der Waals surface area contributed by atoms with Crippen LogP contribution in [-0.2, 0) is 17.8 Å². The van der Waals surface area contributed by atoms with Crippen LogP contribution in [0.3, 0.4) is 0 Å². The first-order valence-corrected chi connectivity index (χ1v) is 9.53. The number of carbonyl (C=O) groups excluding carboxylic acids is 2. The van der Waals surface area contributed by atoms with Gasteiger partial charge in [0.15, 0.2) is 10.9 Å². The molecule has 0 radical (unpaired) electrons. The Hall–Kier alpha value is -2.58. The van der Waals surface area contributed by atoms with E-state index in [9.17, 15) is 9.59 Å². The fraction of sp³-hybridized carbons (Fsp3) is 0.222. The molecule has 140 valence electrons. The summed E-state index contributed by atoms with van der Waals surface area (Å²) in [5.41, 5.74) is 5.81. The highest BCUT2D eigenvalue weighted by atomic mass is 35.5. The lowest BCUT2D eigenvalue weighted by atomic mass is 10.1. The molecular weight excluding hydrogens is 388 g/mol. The number of aromatic nitrogens is 3. The van der Waals surface area contributed by atoms with E-state index in [2.05, 4.69) is 10.2 Å². The van der Waals surface area contributed by atoms with Gasteiger partial charge in [-0.2, -0.15) is 0 Å². The van der Waals surface area contributed by atoms with E-state index in [1.807, 2.05) is 10.6 Å². The minimum atomic E-state index is -0.408. The molecule has 0 spiro atoms. The van der Waals surface area contributed by atoms with Gasteiger partial charge in [0.2, 0.25) is 5.91 Å². The lowest BCUT2D eigenvalue weighted by Gasteiger charge is -2.08. The molecule has 0 saturated carbocycles. The van der Waals surface area contributed by atoms with Crippen LogP contribution >= 0.6 is 23.4 Å². The molecule has 0 fully saturated rings. The van der Waals surface area contributed by atoms with E-state index >= 15 is 0 Å². The number of hydrogen-bond donors (Lipinski definition) is 1. The normalized spacial score (nSPS) is 10.9. The number of aryl methyl sites for hydroxylation is 1. The monoisotopic (exact) mass is 404 g/mol. The summed E-state index contributed by atoms with van der Waals surface area (Å²) in [6.07, 6.45) is 2.12. The second-order valence-corrected chi connectivity index (χ2v) is 7.13. The number of amides is 1. The van der Waals surface area contributed by atoms with Crippen LogP contribution in [0.15, 0.2) is 52.2 Å². The molecular formula is C18H17ClN4O3S. The molecule has 27 heavy (non-hydrogen) atoms. The quantitative estimate of drug-likeness (QED) is 0.434. The van der Waals surface area contributed by atoms with Gasteiger partial charge in [-0.3, -0.25) is 14.2 Å². The van der Waals surface area contributed by atoms with Gasteiger partial charge in [0.05, 0.1) is 18.6 Å². The number of furan rings is 1. The number of benzene rings is 1. The number of hydrogen-bond acceptors (Lipinski definition) is 6. The van der Waals surface area contributed by atoms with Gasteiger partial charge < -0.3 is 10.2 Å². The van der Waals surface area contributed by atoms with Crippen LogP contribution in [0.25, 0.3) is 0 Å². The number of Topliss-reactive ketones (excluding diaryl/α,β-unsaturated/α-hetero) is 1. The molecule has 0 atom stereocenters. The van der Waals surface area contributed by atoms with Crippen LogP contribution in [-0.4, -0.2) is 32.2 Å². The molecule has 7 nitrogen and oxygen atoms in total. The van der Waals surface area contributed by atoms with E-state index in [4.69, 9.17) is 21.8 Å². The molecule has 2 N–H and O–H groups in total. The third-order valence-electron chi connectivity index (χ3n) is 3.78. The van der Waals surface area contributed by atoms with Crippen molar-refractivity contribution in [2.75, 3.05) is 5.75 Å². The highest BCUT2D eigenvalue weighted by Gasteiger charge is 2.16. The van der Waals surface area contributed by atoms with Crippen molar-refractivity contribution < 1.29 is 14.0 Å². The molecule has 2 heterocycles. The van der Waals surface area contributed by atoms with Crippen molar-refractivity contribution in [3.8, 4) is 0 Å². The van der Waals surface area contributed by atoms with Crippen molar-refractivity contribution in [2.24, 2.45) is 5.73 Å². The summed E-state index contributed by atoms with van der Waals surface area (Å²) in [5.74, 6) is 1.10. The zero-order valence-electron chi connectivity index (χ0n) is 14.3. The molecule has 0 aliphatic heterocycles. The third kappa shape index (κ3) is 5.21. The van der Waals surface area contributed by atoms with Gasteiger partial charge in [-0.1, -0.05) is 23.4 Å². The fourth-order valence-electron chi connectivity index (χ4n) is 2.41. The zero-order valence-corrected chi connectivity index (χ0v) is 15.9. The van der Waals surface area contributed by atoms with Crippen LogP contribution in [0, 0.1) is 0 Å². The smallest absolute Gasteiger partial charge is 0.217 e. The summed E-state index contributed by atoms with van der Waals surface area (Å²) < 4.78 is 7.23. The van der Waals surface area contributed by atoms with Gasteiger partial charge >= 0.3 is 0 Å². The number of primary amides is 1. The zero-order chi connectivity index (χ0) is 19.2. The molecule has 2 aromatic heterocycles. The second-order valence-electron chi connectivity index (χ2n) is 5.75. The Morgan fingerprint density at radius 1 is 1.19 bits per heavy atom. The van der Waals surface area contributed by atoms with Gasteiger partial charge in [-0.15, -0.1) is 10.2 Å². The molecule has 3 rings (SSSR count). The fourth-order valence-corrected chi connectivity index (χ4v) is 3.39. The van der Waals surface area contributed by atoms with Crippen molar-refractivity contribution in [3.63, 3.8) is 0 Å². The first kappa shape index (κ1) is 19.2. The molecule has 0 bridgehead atoms. The van der Waals surface area contributed by atoms with E-state index < -0.39 is 5.91 Å². The van der Waals surface area contributed by atoms with E-state index in [0.29, 0.717) is 34.5 Å². The Labute approximate surface area is 164 Å². The van der Waals surface area contributed by atoms with Crippen molar-refractivity contribution >= 4 is 35.1 Å². The van der Waals surface area contributed by atoms with E-state index in [1.165, 1.54) is 11.8 Å². The minimum Gasteiger partial charge on any atom is -0.467 e. The SMILES string of the molecule is NC(=O)CCc1nnc(SCC(=O)c2ccc(Cl)cc2)n1Cc1ccco1.